The van der Waals surface area contributed by atoms with E-state index in [-0.39, 0.29) is 12.8 Å². The quantitative estimate of drug-likeness (QED) is 0.392. The van der Waals surface area contributed by atoms with Crippen LogP contribution in [-0.4, -0.2) is 44.7 Å². The van der Waals surface area contributed by atoms with Gasteiger partial charge in [-0.3, -0.25) is 4.79 Å². The van der Waals surface area contributed by atoms with Gasteiger partial charge in [-0.15, -0.1) is 0 Å². The average Bonchev–Trinajstić information content (AvgIpc) is 2.00. The van der Waals surface area contributed by atoms with Gasteiger partial charge in [-0.2, -0.15) is 0 Å². The standard InChI is InChI=1S/C7H12O5/c8-4-2-1-3(7(11)12)5(9)6(4)10/h3-6,8-10H,1-2H2,(H,11,12)/t3?,4?,5-,6+/m0/s1. The summed E-state index contributed by atoms with van der Waals surface area (Å²) >= 11 is 0. The number of carbonyl (C=O) groups is 1. The van der Waals surface area contributed by atoms with Crippen molar-refractivity contribution in [2.24, 2.45) is 5.92 Å². The van der Waals surface area contributed by atoms with Crippen LogP contribution < -0.4 is 0 Å². The summed E-state index contributed by atoms with van der Waals surface area (Å²) in [6.45, 7) is 0. The number of rotatable bonds is 1. The van der Waals surface area contributed by atoms with Crippen LogP contribution in [0.1, 0.15) is 12.8 Å². The zero-order chi connectivity index (χ0) is 9.30. The molecule has 5 heteroatoms. The van der Waals surface area contributed by atoms with Gasteiger partial charge in [0.15, 0.2) is 0 Å². The highest BCUT2D eigenvalue weighted by Gasteiger charge is 2.40. The second-order valence-electron chi connectivity index (χ2n) is 3.07. The Hall–Kier alpha value is -0.650. The van der Waals surface area contributed by atoms with E-state index in [1.807, 2.05) is 0 Å². The first kappa shape index (κ1) is 9.44. The monoisotopic (exact) mass is 176 g/mol. The second-order valence-corrected chi connectivity index (χ2v) is 3.07. The summed E-state index contributed by atoms with van der Waals surface area (Å²) in [5.41, 5.74) is 0. The smallest absolute Gasteiger partial charge is 0.309 e. The van der Waals surface area contributed by atoms with Crippen molar-refractivity contribution in [3.05, 3.63) is 0 Å². The first-order valence-electron chi connectivity index (χ1n) is 3.81. The van der Waals surface area contributed by atoms with Crippen LogP contribution in [0.5, 0.6) is 0 Å². The summed E-state index contributed by atoms with van der Waals surface area (Å²) in [6.07, 6.45) is -3.27. The Balaban J connectivity index is 2.65. The molecule has 0 aromatic carbocycles. The van der Waals surface area contributed by atoms with Crippen molar-refractivity contribution < 1.29 is 25.2 Å². The molecule has 0 spiro atoms. The lowest BCUT2D eigenvalue weighted by Crippen LogP contribution is -2.48. The molecule has 0 bridgehead atoms. The molecule has 1 saturated carbocycles. The van der Waals surface area contributed by atoms with Gasteiger partial charge in [0.1, 0.15) is 6.10 Å². The molecule has 5 nitrogen and oxygen atoms in total. The van der Waals surface area contributed by atoms with Gasteiger partial charge in [-0.1, -0.05) is 0 Å². The van der Waals surface area contributed by atoms with Crippen molar-refractivity contribution in [1.29, 1.82) is 0 Å². The highest BCUT2D eigenvalue weighted by Crippen LogP contribution is 2.25. The van der Waals surface area contributed by atoms with E-state index in [9.17, 15) is 9.90 Å². The van der Waals surface area contributed by atoms with Crippen molar-refractivity contribution in [2.75, 3.05) is 0 Å². The van der Waals surface area contributed by atoms with Gasteiger partial charge >= 0.3 is 5.97 Å². The van der Waals surface area contributed by atoms with Crippen molar-refractivity contribution in [1.82, 2.24) is 0 Å². The Morgan fingerprint density at radius 1 is 1.08 bits per heavy atom. The van der Waals surface area contributed by atoms with Crippen LogP contribution in [0.15, 0.2) is 0 Å². The molecule has 4 atom stereocenters. The van der Waals surface area contributed by atoms with Gasteiger partial charge in [-0.25, -0.2) is 0 Å². The molecule has 1 aliphatic rings. The van der Waals surface area contributed by atoms with Crippen LogP contribution in [0.2, 0.25) is 0 Å². The molecule has 0 heterocycles. The fraction of sp³-hybridized carbons (Fsp3) is 0.857. The first-order valence-corrected chi connectivity index (χ1v) is 3.81. The molecular formula is C7H12O5. The molecule has 0 amide bonds. The lowest BCUT2D eigenvalue weighted by molar-refractivity contribution is -0.160. The Morgan fingerprint density at radius 2 is 1.67 bits per heavy atom. The van der Waals surface area contributed by atoms with Crippen LogP contribution >= 0.6 is 0 Å². The maximum absolute atomic E-state index is 10.5. The third-order valence-corrected chi connectivity index (χ3v) is 2.25. The number of carboxylic acids is 1. The van der Waals surface area contributed by atoms with Crippen molar-refractivity contribution in [2.45, 2.75) is 31.2 Å². The molecule has 70 valence electrons. The number of carboxylic acid groups (broad SMARTS) is 1. The third-order valence-electron chi connectivity index (χ3n) is 2.25. The van der Waals surface area contributed by atoms with Crippen molar-refractivity contribution in [3.8, 4) is 0 Å². The minimum Gasteiger partial charge on any atom is -0.481 e. The van der Waals surface area contributed by atoms with E-state index >= 15 is 0 Å². The molecule has 2 unspecified atom stereocenters. The van der Waals surface area contributed by atoms with E-state index in [4.69, 9.17) is 15.3 Å². The number of aliphatic hydroxyl groups excluding tert-OH is 3. The number of aliphatic hydroxyl groups is 3. The number of hydrogen-bond donors (Lipinski definition) is 4. The van der Waals surface area contributed by atoms with Gasteiger partial charge in [0.05, 0.1) is 18.1 Å². The lowest BCUT2D eigenvalue weighted by Gasteiger charge is -2.32. The average molecular weight is 176 g/mol. The Kier molecular flexibility index (Phi) is 2.66. The number of hydrogen-bond acceptors (Lipinski definition) is 4. The predicted octanol–water partition coefficient (Wildman–Crippen LogP) is -1.44. The Bertz CT molecular complexity index is 181. The van der Waals surface area contributed by atoms with Crippen molar-refractivity contribution in [3.63, 3.8) is 0 Å². The summed E-state index contributed by atoms with van der Waals surface area (Å²) < 4.78 is 0. The zero-order valence-corrected chi connectivity index (χ0v) is 6.42. The number of aliphatic carboxylic acids is 1. The van der Waals surface area contributed by atoms with Gasteiger partial charge in [0, 0.05) is 0 Å². The van der Waals surface area contributed by atoms with Crippen LogP contribution in [0.25, 0.3) is 0 Å². The summed E-state index contributed by atoms with van der Waals surface area (Å²) in [7, 11) is 0. The highest BCUT2D eigenvalue weighted by atomic mass is 16.4. The van der Waals surface area contributed by atoms with Gasteiger partial charge in [0.2, 0.25) is 0 Å². The molecule has 0 saturated heterocycles. The van der Waals surface area contributed by atoms with E-state index in [1.54, 1.807) is 0 Å². The van der Waals surface area contributed by atoms with Crippen LogP contribution in [0.3, 0.4) is 0 Å². The van der Waals surface area contributed by atoms with E-state index in [0.29, 0.717) is 0 Å². The zero-order valence-electron chi connectivity index (χ0n) is 6.42. The molecule has 0 aliphatic heterocycles. The molecule has 12 heavy (non-hydrogen) atoms. The molecule has 1 fully saturated rings. The van der Waals surface area contributed by atoms with Crippen LogP contribution in [0, 0.1) is 5.92 Å². The summed E-state index contributed by atoms with van der Waals surface area (Å²) in [6, 6.07) is 0. The molecule has 0 aromatic rings. The third kappa shape index (κ3) is 1.57. The van der Waals surface area contributed by atoms with Crippen LogP contribution in [0.4, 0.5) is 0 Å². The highest BCUT2D eigenvalue weighted by molar-refractivity contribution is 5.71. The van der Waals surface area contributed by atoms with Crippen molar-refractivity contribution >= 4 is 5.97 Å². The summed E-state index contributed by atoms with van der Waals surface area (Å²) in [5.74, 6) is -2.09. The fourth-order valence-corrected chi connectivity index (χ4v) is 1.43. The molecule has 0 aromatic heterocycles. The van der Waals surface area contributed by atoms with E-state index in [2.05, 4.69) is 0 Å². The SMILES string of the molecule is O=C(O)C1CCC(O)[C@@H](O)[C@H]1O. The van der Waals surface area contributed by atoms with E-state index < -0.39 is 30.2 Å². The maximum atomic E-state index is 10.5. The normalized spacial score (nSPS) is 42.6. The Labute approximate surface area is 69.3 Å². The maximum Gasteiger partial charge on any atom is 0.309 e. The molecule has 4 N–H and O–H groups in total. The molecule has 1 aliphatic carbocycles. The largest absolute Gasteiger partial charge is 0.481 e. The summed E-state index contributed by atoms with van der Waals surface area (Å²) in [4.78, 5) is 10.5. The van der Waals surface area contributed by atoms with E-state index in [1.165, 1.54) is 0 Å². The first-order chi connectivity index (χ1) is 5.54. The predicted molar refractivity (Wildman–Crippen MR) is 38.4 cm³/mol. The Morgan fingerprint density at radius 3 is 2.17 bits per heavy atom. The summed E-state index contributed by atoms with van der Waals surface area (Å²) in [5, 5.41) is 35.9. The topological polar surface area (TPSA) is 98.0 Å². The van der Waals surface area contributed by atoms with E-state index in [0.717, 1.165) is 0 Å². The molecular weight excluding hydrogens is 164 g/mol. The lowest BCUT2D eigenvalue weighted by atomic mass is 9.83. The van der Waals surface area contributed by atoms with Gasteiger partial charge in [0.25, 0.3) is 0 Å². The minimum absolute atomic E-state index is 0.203. The molecule has 0 radical (unpaired) electrons. The van der Waals surface area contributed by atoms with Gasteiger partial charge in [-0.05, 0) is 12.8 Å². The second kappa shape index (κ2) is 3.38. The van der Waals surface area contributed by atoms with Gasteiger partial charge < -0.3 is 20.4 Å². The molecule has 1 rings (SSSR count). The fourth-order valence-electron chi connectivity index (χ4n) is 1.43. The minimum atomic E-state index is -1.36. The van der Waals surface area contributed by atoms with Crippen LogP contribution in [-0.2, 0) is 4.79 Å².